The number of hydrogen-bond donors (Lipinski definition) is 0. The molecule has 0 aromatic carbocycles. The third-order valence-corrected chi connectivity index (χ3v) is 29.2. The van der Waals surface area contributed by atoms with Crippen LogP contribution in [0.2, 0.25) is 72.5 Å². The quantitative estimate of drug-likeness (QED) is 0.163. The van der Waals surface area contributed by atoms with E-state index in [1.807, 2.05) is 6.08 Å². The van der Waals surface area contributed by atoms with Crippen LogP contribution < -0.4 is 0 Å². The molecule has 4 unspecified atom stereocenters. The van der Waals surface area contributed by atoms with Crippen molar-refractivity contribution < 1.29 is 22.4 Å². The van der Waals surface area contributed by atoms with Crippen molar-refractivity contribution in [3.8, 4) is 0 Å². The number of hydrogen-bond acceptors (Lipinski definition) is 5. The Morgan fingerprint density at radius 2 is 0.833 bits per heavy atom. The summed E-state index contributed by atoms with van der Waals surface area (Å²) in [4.78, 5) is 0. The highest BCUT2D eigenvalue weighted by Gasteiger charge is 2.56. The Balaban J connectivity index is 3.90. The highest BCUT2D eigenvalue weighted by atomic mass is 28.4. The number of rotatable bonds is 11. The van der Waals surface area contributed by atoms with Crippen LogP contribution in [-0.4, -0.2) is 70.4 Å². The van der Waals surface area contributed by atoms with Crippen molar-refractivity contribution in [2.24, 2.45) is 0 Å². The molecular weight excluding hydrogens is 589 g/mol. The molecule has 0 aromatic heterocycles. The van der Waals surface area contributed by atoms with E-state index in [9.17, 15) is 0 Å². The minimum atomic E-state index is -2.23. The van der Waals surface area contributed by atoms with Crippen LogP contribution in [0.5, 0.6) is 0 Å². The standard InChI is InChI=1S/C33H72O5Si4/c1-22-23-25-27(36-40(16,17)31(5,6)7)29(38-42(20,21)33(11,12)13)28(37-41(18,19)32(8,9)10)26(35-25)24-34-39(14,15)30(2,3)4/h22,25-29H,1,23-24H2,2-21H3/t25?,26-,27?,28?,29?/m1/s1. The second-order valence-electron chi connectivity index (χ2n) is 18.8. The first-order chi connectivity index (χ1) is 18.3. The van der Waals surface area contributed by atoms with E-state index in [1.54, 1.807) is 0 Å². The van der Waals surface area contributed by atoms with Gasteiger partial charge in [0.1, 0.15) is 18.3 Å². The smallest absolute Gasteiger partial charge is 0.192 e. The van der Waals surface area contributed by atoms with Crippen molar-refractivity contribution in [2.45, 2.75) is 193 Å². The van der Waals surface area contributed by atoms with Crippen LogP contribution in [0.3, 0.4) is 0 Å². The lowest BCUT2D eigenvalue weighted by molar-refractivity contribution is -0.214. The molecule has 5 atom stereocenters. The van der Waals surface area contributed by atoms with Gasteiger partial charge in [0.25, 0.3) is 0 Å². The van der Waals surface area contributed by atoms with E-state index in [1.165, 1.54) is 0 Å². The first-order valence-corrected chi connectivity index (χ1v) is 27.9. The van der Waals surface area contributed by atoms with Gasteiger partial charge in [-0.2, -0.15) is 0 Å². The monoisotopic (exact) mass is 660 g/mol. The Hall–Kier alpha value is 0.408. The summed E-state index contributed by atoms with van der Waals surface area (Å²) in [5.41, 5.74) is 0. The van der Waals surface area contributed by atoms with Crippen molar-refractivity contribution in [2.75, 3.05) is 6.61 Å². The molecule has 1 aliphatic heterocycles. The molecule has 0 aliphatic carbocycles. The van der Waals surface area contributed by atoms with E-state index in [0.29, 0.717) is 13.0 Å². The first kappa shape index (κ1) is 40.4. The van der Waals surface area contributed by atoms with E-state index in [0.717, 1.165) is 0 Å². The van der Waals surface area contributed by atoms with Crippen LogP contribution in [0.25, 0.3) is 0 Å². The molecule has 1 saturated heterocycles. The van der Waals surface area contributed by atoms with Crippen molar-refractivity contribution in [1.29, 1.82) is 0 Å². The molecule has 5 nitrogen and oxygen atoms in total. The Bertz CT molecular complexity index is 888. The maximum absolute atomic E-state index is 7.47. The van der Waals surface area contributed by atoms with Crippen LogP contribution in [0.4, 0.5) is 0 Å². The minimum absolute atomic E-state index is 0.0348. The zero-order chi connectivity index (χ0) is 33.5. The highest BCUT2D eigenvalue weighted by Crippen LogP contribution is 2.46. The molecule has 0 radical (unpaired) electrons. The summed E-state index contributed by atoms with van der Waals surface area (Å²) in [5.74, 6) is 0. The molecule has 1 fully saturated rings. The van der Waals surface area contributed by atoms with Gasteiger partial charge in [0.05, 0.1) is 18.8 Å². The SMILES string of the molecule is C=CCC1O[C@H](CO[Si](C)(C)C(C)(C)C)C(O[Si](C)(C)C(C)(C)C)C(O[Si](C)(C)C(C)(C)C)C1O[Si](C)(C)C(C)(C)C. The molecule has 0 bridgehead atoms. The normalized spacial score (nSPS) is 26.0. The van der Waals surface area contributed by atoms with E-state index >= 15 is 0 Å². The third kappa shape index (κ3) is 9.71. The van der Waals surface area contributed by atoms with Gasteiger partial charge in [-0.3, -0.25) is 0 Å². The summed E-state index contributed by atoms with van der Waals surface area (Å²) in [7, 11) is -8.69. The summed E-state index contributed by atoms with van der Waals surface area (Å²) < 4.78 is 36.1. The molecule has 250 valence electrons. The topological polar surface area (TPSA) is 46.2 Å². The summed E-state index contributed by atoms with van der Waals surface area (Å²) >= 11 is 0. The van der Waals surface area contributed by atoms with Gasteiger partial charge in [0.15, 0.2) is 33.3 Å². The molecular formula is C33H72O5Si4. The van der Waals surface area contributed by atoms with Gasteiger partial charge < -0.3 is 22.4 Å². The van der Waals surface area contributed by atoms with Crippen molar-refractivity contribution in [1.82, 2.24) is 0 Å². The average Bonchev–Trinajstić information content (AvgIpc) is 2.73. The van der Waals surface area contributed by atoms with Gasteiger partial charge in [0.2, 0.25) is 0 Å². The van der Waals surface area contributed by atoms with Crippen LogP contribution in [0, 0.1) is 0 Å². The minimum Gasteiger partial charge on any atom is -0.414 e. The maximum Gasteiger partial charge on any atom is 0.192 e. The van der Waals surface area contributed by atoms with Gasteiger partial charge >= 0.3 is 0 Å². The van der Waals surface area contributed by atoms with Gasteiger partial charge in [-0.05, 0) is 78.9 Å². The van der Waals surface area contributed by atoms with Crippen molar-refractivity contribution in [3.05, 3.63) is 12.7 Å². The highest BCUT2D eigenvalue weighted by molar-refractivity contribution is 6.75. The van der Waals surface area contributed by atoms with E-state index in [-0.39, 0.29) is 50.7 Å². The fraction of sp³-hybridized carbons (Fsp3) is 0.939. The van der Waals surface area contributed by atoms with Gasteiger partial charge in [0, 0.05) is 0 Å². The Morgan fingerprint density at radius 1 is 0.524 bits per heavy atom. The summed E-state index contributed by atoms with van der Waals surface area (Å²) in [6.45, 7) is 50.9. The lowest BCUT2D eigenvalue weighted by Gasteiger charge is -2.55. The fourth-order valence-corrected chi connectivity index (χ4v) is 8.91. The molecule has 0 aromatic rings. The molecule has 1 heterocycles. The second kappa shape index (κ2) is 13.3. The predicted molar refractivity (Wildman–Crippen MR) is 193 cm³/mol. The fourth-order valence-electron chi connectivity index (χ4n) is 3.96. The third-order valence-electron chi connectivity index (χ3n) is 11.3. The van der Waals surface area contributed by atoms with Crippen molar-refractivity contribution >= 4 is 33.3 Å². The number of ether oxygens (including phenoxy) is 1. The van der Waals surface area contributed by atoms with Gasteiger partial charge in [-0.15, -0.1) is 6.58 Å². The zero-order valence-corrected chi connectivity index (χ0v) is 35.6. The second-order valence-corrected chi connectivity index (χ2v) is 37.9. The van der Waals surface area contributed by atoms with Gasteiger partial charge in [-0.25, -0.2) is 0 Å². The Morgan fingerprint density at radius 3 is 1.14 bits per heavy atom. The molecule has 0 amide bonds. The average molecular weight is 661 g/mol. The zero-order valence-electron chi connectivity index (χ0n) is 31.6. The summed E-state index contributed by atoms with van der Waals surface area (Å²) in [6.07, 6.45) is 1.42. The van der Waals surface area contributed by atoms with E-state index in [2.05, 4.69) is 142 Å². The molecule has 1 rings (SSSR count). The van der Waals surface area contributed by atoms with Crippen molar-refractivity contribution in [3.63, 3.8) is 0 Å². The van der Waals surface area contributed by atoms with E-state index in [4.69, 9.17) is 22.4 Å². The Kier molecular flexibility index (Phi) is 12.8. The first-order valence-electron chi connectivity index (χ1n) is 16.3. The van der Waals surface area contributed by atoms with E-state index < -0.39 is 33.3 Å². The summed E-state index contributed by atoms with van der Waals surface area (Å²) in [5, 5.41) is 0.219. The van der Waals surface area contributed by atoms with Crippen LogP contribution in [-0.2, 0) is 22.4 Å². The molecule has 0 saturated carbocycles. The van der Waals surface area contributed by atoms with Crippen LogP contribution >= 0.6 is 0 Å². The predicted octanol–water partition coefficient (Wildman–Crippen LogP) is 10.5. The molecule has 0 N–H and O–H groups in total. The maximum atomic E-state index is 7.47. The molecule has 9 heteroatoms. The Labute approximate surface area is 266 Å². The van der Waals surface area contributed by atoms with Crippen LogP contribution in [0.15, 0.2) is 12.7 Å². The lowest BCUT2D eigenvalue weighted by Crippen LogP contribution is -2.68. The molecule has 1 aliphatic rings. The largest absolute Gasteiger partial charge is 0.414 e. The summed E-state index contributed by atoms with van der Waals surface area (Å²) in [6, 6.07) is 0. The lowest BCUT2D eigenvalue weighted by atomic mass is 9.93. The van der Waals surface area contributed by atoms with Gasteiger partial charge in [-0.1, -0.05) is 89.2 Å². The molecule has 0 spiro atoms. The van der Waals surface area contributed by atoms with Crippen LogP contribution in [0.1, 0.15) is 89.5 Å². The molecule has 42 heavy (non-hydrogen) atoms.